The van der Waals surface area contributed by atoms with Gasteiger partial charge in [-0.2, -0.15) is 0 Å². The number of hydrogen-bond acceptors (Lipinski definition) is 4. The molecular formula is C23H30N2O2S. The fourth-order valence-electron chi connectivity index (χ4n) is 5.13. The lowest BCUT2D eigenvalue weighted by Gasteiger charge is -2.43. The van der Waals surface area contributed by atoms with Crippen LogP contribution in [0.15, 0.2) is 65.2 Å². The summed E-state index contributed by atoms with van der Waals surface area (Å²) in [7, 11) is -3.41. The lowest BCUT2D eigenvalue weighted by atomic mass is 9.69. The quantitative estimate of drug-likeness (QED) is 0.787. The minimum absolute atomic E-state index is 0.0970. The van der Waals surface area contributed by atoms with Gasteiger partial charge in [0, 0.05) is 24.3 Å². The Balaban J connectivity index is 1.94. The van der Waals surface area contributed by atoms with Crippen LogP contribution < -0.4 is 10.6 Å². The van der Waals surface area contributed by atoms with Gasteiger partial charge in [-0.15, -0.1) is 0 Å². The molecule has 150 valence electrons. The van der Waals surface area contributed by atoms with E-state index in [1.807, 2.05) is 36.6 Å². The molecule has 4 rings (SSSR count). The summed E-state index contributed by atoms with van der Waals surface area (Å²) in [5, 5.41) is 7.26. The van der Waals surface area contributed by atoms with E-state index < -0.39 is 20.8 Å². The van der Waals surface area contributed by atoms with Crippen LogP contribution in [0.2, 0.25) is 0 Å². The van der Waals surface area contributed by atoms with Crippen molar-refractivity contribution in [3.8, 4) is 0 Å². The van der Waals surface area contributed by atoms with Gasteiger partial charge in [0.15, 0.2) is 9.84 Å². The lowest BCUT2D eigenvalue weighted by molar-refractivity contribution is 0.221. The third-order valence-electron chi connectivity index (χ3n) is 6.68. The third-order valence-corrected chi connectivity index (χ3v) is 8.78. The summed E-state index contributed by atoms with van der Waals surface area (Å²) in [5.41, 5.74) is 1.18. The van der Waals surface area contributed by atoms with Crippen LogP contribution in [0, 0.1) is 5.41 Å². The van der Waals surface area contributed by atoms with E-state index in [4.69, 9.17) is 0 Å². The van der Waals surface area contributed by atoms with Crippen molar-refractivity contribution in [1.29, 1.82) is 0 Å². The van der Waals surface area contributed by atoms with Gasteiger partial charge in [-0.25, -0.2) is 8.42 Å². The van der Waals surface area contributed by atoms with Crippen molar-refractivity contribution >= 4 is 9.84 Å². The van der Waals surface area contributed by atoms with Gasteiger partial charge in [-0.05, 0) is 30.1 Å². The second-order valence-electron chi connectivity index (χ2n) is 8.33. The van der Waals surface area contributed by atoms with Gasteiger partial charge in [0.1, 0.15) is 0 Å². The monoisotopic (exact) mass is 398 g/mol. The zero-order valence-electron chi connectivity index (χ0n) is 16.7. The number of hydrogen-bond donors (Lipinski definition) is 2. The van der Waals surface area contributed by atoms with E-state index in [1.165, 1.54) is 0 Å². The summed E-state index contributed by atoms with van der Waals surface area (Å²) in [6, 6.07) is 10.2. The lowest BCUT2D eigenvalue weighted by Crippen LogP contribution is -2.52. The molecule has 2 aliphatic heterocycles. The van der Waals surface area contributed by atoms with Gasteiger partial charge >= 0.3 is 0 Å². The van der Waals surface area contributed by atoms with E-state index in [0.29, 0.717) is 11.4 Å². The number of rotatable bonds is 5. The molecule has 1 unspecified atom stereocenters. The van der Waals surface area contributed by atoms with Crippen LogP contribution in [-0.2, 0) is 9.84 Å². The molecule has 3 aliphatic rings. The molecule has 2 N–H and O–H groups in total. The molecule has 28 heavy (non-hydrogen) atoms. The van der Waals surface area contributed by atoms with E-state index in [-0.39, 0.29) is 11.8 Å². The van der Waals surface area contributed by atoms with Crippen LogP contribution >= 0.6 is 0 Å². The molecule has 0 bridgehead atoms. The van der Waals surface area contributed by atoms with Crippen molar-refractivity contribution in [3.63, 3.8) is 0 Å². The molecular weight excluding hydrogens is 368 g/mol. The Hall–Kier alpha value is -1.85. The SMILES string of the molecule is CCCC[C@@]1(CC)CS(=O)(=O)C2=CC=CC3=CNCC32[C@H](c2ccccc2)N1. The molecule has 1 spiro atoms. The van der Waals surface area contributed by atoms with Crippen molar-refractivity contribution in [2.75, 3.05) is 12.3 Å². The molecule has 0 amide bonds. The van der Waals surface area contributed by atoms with Crippen LogP contribution in [0.4, 0.5) is 0 Å². The fraction of sp³-hybridized carbons (Fsp3) is 0.478. The molecule has 1 aromatic rings. The Morgan fingerprint density at radius 2 is 1.96 bits per heavy atom. The first kappa shape index (κ1) is 19.5. The molecule has 1 aliphatic carbocycles. The van der Waals surface area contributed by atoms with Gasteiger partial charge in [-0.1, -0.05) is 69.2 Å². The van der Waals surface area contributed by atoms with Crippen molar-refractivity contribution in [1.82, 2.24) is 10.6 Å². The molecule has 0 radical (unpaired) electrons. The molecule has 1 aromatic carbocycles. The normalized spacial score (nSPS) is 33.1. The number of benzene rings is 1. The second-order valence-corrected chi connectivity index (χ2v) is 10.3. The highest BCUT2D eigenvalue weighted by atomic mass is 32.2. The zero-order valence-corrected chi connectivity index (χ0v) is 17.6. The van der Waals surface area contributed by atoms with Gasteiger partial charge in [-0.3, -0.25) is 0 Å². The van der Waals surface area contributed by atoms with Gasteiger partial charge in [0.2, 0.25) is 0 Å². The highest BCUT2D eigenvalue weighted by Crippen LogP contribution is 2.55. The second kappa shape index (κ2) is 7.20. The topological polar surface area (TPSA) is 58.2 Å². The van der Waals surface area contributed by atoms with E-state index in [0.717, 1.165) is 36.8 Å². The zero-order chi connectivity index (χ0) is 19.8. The van der Waals surface area contributed by atoms with Crippen LogP contribution in [0.3, 0.4) is 0 Å². The van der Waals surface area contributed by atoms with E-state index >= 15 is 0 Å². The van der Waals surface area contributed by atoms with E-state index in [9.17, 15) is 8.42 Å². The predicted molar refractivity (Wildman–Crippen MR) is 114 cm³/mol. The summed E-state index contributed by atoms with van der Waals surface area (Å²) >= 11 is 0. The number of nitrogens with one attached hydrogen (secondary N) is 2. The molecule has 1 saturated heterocycles. The maximum atomic E-state index is 13.7. The van der Waals surface area contributed by atoms with Crippen LogP contribution in [0.25, 0.3) is 0 Å². The van der Waals surface area contributed by atoms with Crippen LogP contribution in [-0.4, -0.2) is 26.3 Å². The molecule has 0 saturated carbocycles. The van der Waals surface area contributed by atoms with Crippen molar-refractivity contribution in [3.05, 3.63) is 70.8 Å². The first-order chi connectivity index (χ1) is 13.5. The maximum Gasteiger partial charge on any atom is 0.177 e. The standard InChI is InChI=1S/C23H30N2O2S/c1-3-5-14-22(4-2)17-28(26,27)20-13-9-12-19-15-24-16-23(19,20)21(25-22)18-10-7-6-8-11-18/h6-13,15,21,24-25H,3-5,14,16-17H2,1-2H3/t21-,22-,23?/m0/s1. The predicted octanol–water partition coefficient (Wildman–Crippen LogP) is 4.01. The molecule has 0 aromatic heterocycles. The molecule has 1 fully saturated rings. The first-order valence-corrected chi connectivity index (χ1v) is 12.0. The summed E-state index contributed by atoms with van der Waals surface area (Å²) in [5.74, 6) is 0.161. The molecule has 4 nitrogen and oxygen atoms in total. The fourth-order valence-corrected chi connectivity index (χ4v) is 7.59. The summed E-state index contributed by atoms with van der Waals surface area (Å²) in [4.78, 5) is 0.562. The average Bonchev–Trinajstić information content (AvgIpc) is 3.11. The Bertz CT molecular complexity index is 933. The largest absolute Gasteiger partial charge is 0.389 e. The Labute approximate surface area is 168 Å². The number of sulfone groups is 1. The van der Waals surface area contributed by atoms with Gasteiger partial charge < -0.3 is 10.6 Å². The Morgan fingerprint density at radius 1 is 1.18 bits per heavy atom. The summed E-state index contributed by atoms with van der Waals surface area (Å²) in [6.45, 7) is 4.87. The van der Waals surface area contributed by atoms with Crippen molar-refractivity contribution in [2.45, 2.75) is 51.1 Å². The Kier molecular flexibility index (Phi) is 5.00. The van der Waals surface area contributed by atoms with E-state index in [2.05, 4.69) is 42.7 Å². The summed E-state index contributed by atoms with van der Waals surface area (Å²) < 4.78 is 27.4. The highest BCUT2D eigenvalue weighted by Gasteiger charge is 2.57. The minimum Gasteiger partial charge on any atom is -0.389 e. The smallest absolute Gasteiger partial charge is 0.177 e. The van der Waals surface area contributed by atoms with Crippen LogP contribution in [0.5, 0.6) is 0 Å². The highest BCUT2D eigenvalue weighted by molar-refractivity contribution is 7.95. The number of allylic oxidation sites excluding steroid dienone is 3. The average molecular weight is 399 g/mol. The Morgan fingerprint density at radius 3 is 2.68 bits per heavy atom. The van der Waals surface area contributed by atoms with Gasteiger partial charge in [0.05, 0.1) is 16.1 Å². The van der Waals surface area contributed by atoms with Crippen LogP contribution in [0.1, 0.15) is 51.1 Å². The molecule has 2 heterocycles. The van der Waals surface area contributed by atoms with Crippen molar-refractivity contribution < 1.29 is 8.42 Å². The third kappa shape index (κ3) is 2.96. The summed E-state index contributed by atoms with van der Waals surface area (Å²) in [6.07, 6.45) is 11.5. The van der Waals surface area contributed by atoms with Crippen molar-refractivity contribution in [2.24, 2.45) is 5.41 Å². The number of unbranched alkanes of at least 4 members (excludes halogenated alkanes) is 1. The molecule has 3 atom stereocenters. The molecule has 5 heteroatoms. The minimum atomic E-state index is -3.41. The van der Waals surface area contributed by atoms with E-state index in [1.54, 1.807) is 0 Å². The van der Waals surface area contributed by atoms with Gasteiger partial charge in [0.25, 0.3) is 0 Å². The maximum absolute atomic E-state index is 13.7. The first-order valence-electron chi connectivity index (χ1n) is 10.4.